The van der Waals surface area contributed by atoms with Gasteiger partial charge in [-0.25, -0.2) is 9.59 Å². The average molecular weight is 249 g/mol. The third-order valence-electron chi connectivity index (χ3n) is 2.49. The molecule has 0 spiro atoms. The van der Waals surface area contributed by atoms with Gasteiger partial charge in [0.15, 0.2) is 11.9 Å². The quantitative estimate of drug-likeness (QED) is 0.835. The van der Waals surface area contributed by atoms with E-state index in [9.17, 15) is 14.7 Å². The summed E-state index contributed by atoms with van der Waals surface area (Å²) in [4.78, 5) is 22.1. The normalized spacial score (nSPS) is 12.5. The van der Waals surface area contributed by atoms with Crippen molar-refractivity contribution < 1.29 is 24.2 Å². The second-order valence-electron chi connectivity index (χ2n) is 3.63. The van der Waals surface area contributed by atoms with E-state index in [0.29, 0.717) is 5.39 Å². The van der Waals surface area contributed by atoms with Crippen LogP contribution < -0.4 is 5.63 Å². The molecular formula is C12H9O6. The fourth-order valence-electron chi connectivity index (χ4n) is 1.76. The zero-order valence-electron chi connectivity index (χ0n) is 9.38. The van der Waals surface area contributed by atoms with E-state index >= 15 is 0 Å². The van der Waals surface area contributed by atoms with Gasteiger partial charge in [0.25, 0.3) is 0 Å². The van der Waals surface area contributed by atoms with Crippen LogP contribution >= 0.6 is 0 Å². The number of methoxy groups -OCH3 is 1. The Morgan fingerprint density at radius 1 is 1.39 bits per heavy atom. The molecular weight excluding hydrogens is 240 g/mol. The van der Waals surface area contributed by atoms with Crippen molar-refractivity contribution >= 4 is 16.9 Å². The summed E-state index contributed by atoms with van der Waals surface area (Å²) in [6, 6.07) is 4.86. The Balaban J connectivity index is 2.77. The van der Waals surface area contributed by atoms with Gasteiger partial charge < -0.3 is 14.3 Å². The largest absolute Gasteiger partial charge is 0.479 e. The van der Waals surface area contributed by atoms with Crippen molar-refractivity contribution in [2.45, 2.75) is 6.10 Å². The zero-order chi connectivity index (χ0) is 13.3. The number of hydrogen-bond acceptors (Lipinski definition) is 4. The maximum Gasteiger partial charge on any atom is 0.337 e. The van der Waals surface area contributed by atoms with Crippen LogP contribution in [0.25, 0.3) is 11.0 Å². The summed E-state index contributed by atoms with van der Waals surface area (Å²) in [5, 5.41) is 20.8. The number of aliphatic carboxylic acids is 1. The number of ether oxygens (including phenoxy) is 1. The van der Waals surface area contributed by atoms with Crippen LogP contribution in [-0.2, 0) is 14.6 Å². The molecule has 0 fully saturated rings. The molecule has 1 unspecified atom stereocenters. The summed E-state index contributed by atoms with van der Waals surface area (Å²) >= 11 is 0. The Hall–Kier alpha value is -2.34. The molecule has 1 atom stereocenters. The highest BCUT2D eigenvalue weighted by Crippen LogP contribution is 2.30. The van der Waals surface area contributed by atoms with Gasteiger partial charge in [0, 0.05) is 30.2 Å². The Kier molecular flexibility index (Phi) is 3.03. The van der Waals surface area contributed by atoms with Crippen LogP contribution in [0.3, 0.4) is 0 Å². The van der Waals surface area contributed by atoms with Crippen LogP contribution in [0.15, 0.2) is 33.5 Å². The van der Waals surface area contributed by atoms with Crippen molar-refractivity contribution in [1.29, 1.82) is 0 Å². The van der Waals surface area contributed by atoms with Gasteiger partial charge in [0.1, 0.15) is 5.58 Å². The van der Waals surface area contributed by atoms with E-state index in [2.05, 4.69) is 0 Å². The minimum Gasteiger partial charge on any atom is -0.479 e. The first-order chi connectivity index (χ1) is 8.52. The van der Waals surface area contributed by atoms with E-state index < -0.39 is 23.4 Å². The summed E-state index contributed by atoms with van der Waals surface area (Å²) in [7, 11) is 1.22. The number of rotatable bonds is 3. The lowest BCUT2D eigenvalue weighted by atomic mass is 10.0. The van der Waals surface area contributed by atoms with E-state index in [1.807, 2.05) is 0 Å². The fourth-order valence-corrected chi connectivity index (χ4v) is 1.76. The molecule has 0 bridgehead atoms. The van der Waals surface area contributed by atoms with Crippen LogP contribution in [0.5, 0.6) is 5.75 Å². The topological polar surface area (TPSA) is 96.6 Å². The van der Waals surface area contributed by atoms with E-state index in [1.54, 1.807) is 0 Å². The summed E-state index contributed by atoms with van der Waals surface area (Å²) in [6.45, 7) is 0. The molecule has 6 heteroatoms. The van der Waals surface area contributed by atoms with Crippen LogP contribution in [-0.4, -0.2) is 18.2 Å². The molecule has 1 aromatic heterocycles. The summed E-state index contributed by atoms with van der Waals surface area (Å²) in [5.41, 5.74) is -0.395. The van der Waals surface area contributed by atoms with Gasteiger partial charge in [-0.1, -0.05) is 0 Å². The van der Waals surface area contributed by atoms with Crippen molar-refractivity contribution in [3.05, 3.63) is 40.2 Å². The van der Waals surface area contributed by atoms with Crippen LogP contribution in [0.4, 0.5) is 0 Å². The molecule has 6 nitrogen and oxygen atoms in total. The molecule has 1 N–H and O–H groups in total. The van der Waals surface area contributed by atoms with Crippen molar-refractivity contribution in [1.82, 2.24) is 0 Å². The van der Waals surface area contributed by atoms with E-state index in [1.165, 1.54) is 13.2 Å². The number of carboxylic acid groups (broad SMARTS) is 1. The first-order valence-electron chi connectivity index (χ1n) is 5.03. The average Bonchev–Trinajstić information content (AvgIpc) is 2.28. The Morgan fingerprint density at radius 3 is 2.72 bits per heavy atom. The summed E-state index contributed by atoms with van der Waals surface area (Å²) in [6.07, 6.45) is -1.28. The molecule has 1 heterocycles. The third-order valence-corrected chi connectivity index (χ3v) is 2.49. The predicted octanol–water partition coefficient (Wildman–Crippen LogP) is 1.71. The molecule has 0 aliphatic carbocycles. The van der Waals surface area contributed by atoms with Gasteiger partial charge in [0.05, 0.1) is 0 Å². The third kappa shape index (κ3) is 2.05. The van der Waals surface area contributed by atoms with Gasteiger partial charge in [-0.15, -0.1) is 0 Å². The predicted molar refractivity (Wildman–Crippen MR) is 60.0 cm³/mol. The minimum absolute atomic E-state index is 0.0494. The fraction of sp³-hybridized carbons (Fsp3) is 0.167. The maximum absolute atomic E-state index is 11.4. The highest BCUT2D eigenvalue weighted by atomic mass is 16.5. The highest BCUT2D eigenvalue weighted by molar-refractivity contribution is 5.87. The van der Waals surface area contributed by atoms with Gasteiger partial charge in [-0.3, -0.25) is 5.11 Å². The lowest BCUT2D eigenvalue weighted by Gasteiger charge is -2.12. The highest BCUT2D eigenvalue weighted by Gasteiger charge is 2.23. The summed E-state index contributed by atoms with van der Waals surface area (Å²) in [5.74, 6) is -1.68. The molecule has 93 valence electrons. The first kappa shape index (κ1) is 12.1. The monoisotopic (exact) mass is 249 g/mol. The van der Waals surface area contributed by atoms with Crippen molar-refractivity contribution in [2.24, 2.45) is 0 Å². The number of carbonyl (C=O) groups is 1. The zero-order valence-corrected chi connectivity index (χ0v) is 9.38. The Morgan fingerprint density at radius 2 is 2.11 bits per heavy atom. The van der Waals surface area contributed by atoms with E-state index in [4.69, 9.17) is 14.3 Å². The van der Waals surface area contributed by atoms with Crippen LogP contribution in [0.1, 0.15) is 11.7 Å². The number of benzene rings is 1. The molecule has 2 aromatic rings. The van der Waals surface area contributed by atoms with E-state index in [-0.39, 0.29) is 11.1 Å². The SMILES string of the molecule is COC(C(=O)O)c1cc([O])cc2oc(=O)ccc12. The lowest BCUT2D eigenvalue weighted by Crippen LogP contribution is -2.14. The molecule has 2 rings (SSSR count). The molecule has 0 aliphatic heterocycles. The van der Waals surface area contributed by atoms with E-state index in [0.717, 1.165) is 18.2 Å². The van der Waals surface area contributed by atoms with Crippen molar-refractivity contribution in [3.8, 4) is 5.75 Å². The second kappa shape index (κ2) is 4.50. The van der Waals surface area contributed by atoms with Gasteiger partial charge in [-0.05, 0) is 12.1 Å². The van der Waals surface area contributed by atoms with Gasteiger partial charge in [0.2, 0.25) is 0 Å². The second-order valence-corrected chi connectivity index (χ2v) is 3.63. The number of hydrogen-bond donors (Lipinski definition) is 1. The van der Waals surface area contributed by atoms with Crippen LogP contribution in [0.2, 0.25) is 0 Å². The van der Waals surface area contributed by atoms with Crippen LogP contribution in [0, 0.1) is 0 Å². The molecule has 0 saturated heterocycles. The molecule has 1 radical (unpaired) electrons. The minimum atomic E-state index is -1.28. The Labute approximate surface area is 101 Å². The number of fused-ring (bicyclic) bond motifs is 1. The van der Waals surface area contributed by atoms with Gasteiger partial charge >= 0.3 is 11.6 Å². The molecule has 0 saturated carbocycles. The molecule has 0 amide bonds. The molecule has 1 aromatic carbocycles. The van der Waals surface area contributed by atoms with Gasteiger partial charge in [-0.2, -0.15) is 0 Å². The molecule has 18 heavy (non-hydrogen) atoms. The van der Waals surface area contributed by atoms with Crippen molar-refractivity contribution in [3.63, 3.8) is 0 Å². The lowest BCUT2D eigenvalue weighted by molar-refractivity contribution is -0.148. The first-order valence-corrected chi connectivity index (χ1v) is 5.03. The summed E-state index contributed by atoms with van der Waals surface area (Å²) < 4.78 is 9.69. The maximum atomic E-state index is 11.4. The van der Waals surface area contributed by atoms with Crippen molar-refractivity contribution in [2.75, 3.05) is 7.11 Å². The number of carboxylic acids is 1. The molecule has 0 aliphatic rings. The Bertz CT molecular complexity index is 657. The standard InChI is InChI=1S/C12H9O6/c1-17-11(12(15)16)8-4-6(13)5-9-7(8)2-3-10(14)18-9/h2-5,11H,1H3,(H,15,16). The smallest absolute Gasteiger partial charge is 0.337 e.